The molecule has 2 N–H and O–H groups in total. The maximum Gasteiger partial charge on any atom is 0.307 e. The lowest BCUT2D eigenvalue weighted by atomic mass is 9.85. The van der Waals surface area contributed by atoms with Crippen LogP contribution in [0.5, 0.6) is 0 Å². The molecule has 1 rings (SSSR count). The fraction of sp³-hybridized carbons (Fsp3) is 0.917. The third-order valence-electron chi connectivity index (χ3n) is 2.95. The summed E-state index contributed by atoms with van der Waals surface area (Å²) in [5.41, 5.74) is 5.84. The Morgan fingerprint density at radius 3 is 2.75 bits per heavy atom. The van der Waals surface area contributed by atoms with E-state index in [0.29, 0.717) is 6.61 Å². The van der Waals surface area contributed by atoms with E-state index in [9.17, 15) is 4.79 Å². The molecule has 0 aliphatic carbocycles. The van der Waals surface area contributed by atoms with Crippen LogP contribution in [-0.2, 0) is 14.3 Å². The number of carbonyl (C=O) groups excluding carboxylic acids is 1. The predicted octanol–water partition coefficient (Wildman–Crippen LogP) is 1.47. The van der Waals surface area contributed by atoms with Gasteiger partial charge in [-0.3, -0.25) is 4.79 Å². The van der Waals surface area contributed by atoms with Crippen LogP contribution in [0, 0.1) is 5.41 Å². The van der Waals surface area contributed by atoms with Crippen LogP contribution in [0.25, 0.3) is 0 Å². The van der Waals surface area contributed by atoms with Crippen LogP contribution < -0.4 is 5.73 Å². The molecule has 0 aromatic carbocycles. The van der Waals surface area contributed by atoms with Gasteiger partial charge in [-0.2, -0.15) is 0 Å². The van der Waals surface area contributed by atoms with E-state index in [4.69, 9.17) is 15.2 Å². The zero-order chi connectivity index (χ0) is 12.2. The molecule has 16 heavy (non-hydrogen) atoms. The molecule has 1 saturated heterocycles. The second-order valence-corrected chi connectivity index (χ2v) is 5.49. The minimum Gasteiger partial charge on any atom is -0.463 e. The zero-order valence-electron chi connectivity index (χ0n) is 10.5. The number of rotatable bonds is 4. The highest BCUT2D eigenvalue weighted by atomic mass is 16.6. The molecule has 0 amide bonds. The summed E-state index contributed by atoms with van der Waals surface area (Å²) in [6.45, 7) is 7.21. The number of carbonyl (C=O) groups is 1. The summed E-state index contributed by atoms with van der Waals surface area (Å²) in [5, 5.41) is 0. The SMILES string of the molecule is CC(C)(C)C(N)CC(=O)OCC1CCCO1. The first-order valence-corrected chi connectivity index (χ1v) is 5.92. The standard InChI is InChI=1S/C12H23NO3/c1-12(2,3)10(13)7-11(14)16-8-9-5-4-6-15-9/h9-10H,4-8,13H2,1-3H3. The molecule has 0 spiro atoms. The number of esters is 1. The van der Waals surface area contributed by atoms with Crippen LogP contribution in [0.3, 0.4) is 0 Å². The summed E-state index contributed by atoms with van der Waals surface area (Å²) >= 11 is 0. The molecule has 2 atom stereocenters. The second-order valence-electron chi connectivity index (χ2n) is 5.49. The first kappa shape index (κ1) is 13.5. The molecule has 4 nitrogen and oxygen atoms in total. The van der Waals surface area contributed by atoms with Crippen molar-refractivity contribution in [3.8, 4) is 0 Å². The van der Waals surface area contributed by atoms with Crippen molar-refractivity contribution in [3.63, 3.8) is 0 Å². The second kappa shape index (κ2) is 5.64. The molecule has 0 aromatic rings. The van der Waals surface area contributed by atoms with E-state index in [0.717, 1.165) is 19.4 Å². The van der Waals surface area contributed by atoms with Gasteiger partial charge in [-0.25, -0.2) is 0 Å². The number of hydrogen-bond acceptors (Lipinski definition) is 4. The normalized spacial score (nSPS) is 23.1. The summed E-state index contributed by atoms with van der Waals surface area (Å²) in [5.74, 6) is -0.224. The molecule has 1 aliphatic rings. The fourth-order valence-corrected chi connectivity index (χ4v) is 1.51. The van der Waals surface area contributed by atoms with E-state index in [-0.39, 0.29) is 30.0 Å². The third kappa shape index (κ3) is 4.49. The summed E-state index contributed by atoms with van der Waals surface area (Å²) in [6, 6.07) is -0.163. The smallest absolute Gasteiger partial charge is 0.307 e. The van der Waals surface area contributed by atoms with Gasteiger partial charge in [-0.1, -0.05) is 20.8 Å². The quantitative estimate of drug-likeness (QED) is 0.742. The van der Waals surface area contributed by atoms with Gasteiger partial charge in [-0.15, -0.1) is 0 Å². The summed E-state index contributed by atoms with van der Waals surface area (Å²) < 4.78 is 10.5. The van der Waals surface area contributed by atoms with Gasteiger partial charge in [0.1, 0.15) is 6.61 Å². The van der Waals surface area contributed by atoms with Crippen LogP contribution >= 0.6 is 0 Å². The lowest BCUT2D eigenvalue weighted by molar-refractivity contribution is -0.147. The fourth-order valence-electron chi connectivity index (χ4n) is 1.51. The molecule has 2 unspecified atom stereocenters. The molecule has 0 radical (unpaired) electrons. The Morgan fingerprint density at radius 2 is 2.25 bits per heavy atom. The Bertz CT molecular complexity index is 229. The highest BCUT2D eigenvalue weighted by Gasteiger charge is 2.24. The Hall–Kier alpha value is -0.610. The molecule has 94 valence electrons. The maximum absolute atomic E-state index is 11.5. The number of hydrogen-bond donors (Lipinski definition) is 1. The lowest BCUT2D eigenvalue weighted by Crippen LogP contribution is -2.37. The van der Waals surface area contributed by atoms with Gasteiger partial charge in [0.2, 0.25) is 0 Å². The molecule has 4 heteroatoms. The van der Waals surface area contributed by atoms with E-state index in [1.807, 2.05) is 20.8 Å². The first-order valence-electron chi connectivity index (χ1n) is 5.92. The Labute approximate surface area is 97.5 Å². The first-order chi connectivity index (χ1) is 7.39. The minimum absolute atomic E-state index is 0.0666. The molecule has 0 bridgehead atoms. The molecular weight excluding hydrogens is 206 g/mol. The van der Waals surface area contributed by atoms with Gasteiger partial charge in [0.05, 0.1) is 12.5 Å². The Balaban J connectivity index is 2.20. The topological polar surface area (TPSA) is 61.6 Å². The van der Waals surface area contributed by atoms with E-state index in [2.05, 4.69) is 0 Å². The molecular formula is C12H23NO3. The Morgan fingerprint density at radius 1 is 1.56 bits per heavy atom. The van der Waals surface area contributed by atoms with E-state index in [1.54, 1.807) is 0 Å². The van der Waals surface area contributed by atoms with Crippen LogP contribution in [0.2, 0.25) is 0 Å². The highest BCUT2D eigenvalue weighted by Crippen LogP contribution is 2.20. The summed E-state index contributed by atoms with van der Waals surface area (Å²) in [6.07, 6.45) is 2.41. The average molecular weight is 229 g/mol. The van der Waals surface area contributed by atoms with Crippen molar-refractivity contribution in [3.05, 3.63) is 0 Å². The monoisotopic (exact) mass is 229 g/mol. The van der Waals surface area contributed by atoms with Crippen molar-refractivity contribution >= 4 is 5.97 Å². The number of nitrogens with two attached hydrogens (primary N) is 1. The summed E-state index contributed by atoms with van der Waals surface area (Å²) in [4.78, 5) is 11.5. The molecule has 1 aliphatic heterocycles. The van der Waals surface area contributed by atoms with Crippen molar-refractivity contribution < 1.29 is 14.3 Å². The number of ether oxygens (including phenoxy) is 2. The molecule has 0 aromatic heterocycles. The van der Waals surface area contributed by atoms with Crippen molar-refractivity contribution in [1.82, 2.24) is 0 Å². The van der Waals surface area contributed by atoms with Crippen LogP contribution in [0.15, 0.2) is 0 Å². The van der Waals surface area contributed by atoms with Gasteiger partial charge >= 0.3 is 5.97 Å². The van der Waals surface area contributed by atoms with E-state index in [1.165, 1.54) is 0 Å². The zero-order valence-corrected chi connectivity index (χ0v) is 10.5. The van der Waals surface area contributed by atoms with Gasteiger partial charge in [-0.05, 0) is 18.3 Å². The lowest BCUT2D eigenvalue weighted by Gasteiger charge is -2.26. The molecule has 0 saturated carbocycles. The third-order valence-corrected chi connectivity index (χ3v) is 2.95. The summed E-state index contributed by atoms with van der Waals surface area (Å²) in [7, 11) is 0. The van der Waals surface area contributed by atoms with Crippen LogP contribution in [0.1, 0.15) is 40.0 Å². The maximum atomic E-state index is 11.5. The van der Waals surface area contributed by atoms with Crippen LogP contribution in [0.4, 0.5) is 0 Å². The minimum atomic E-state index is -0.224. The van der Waals surface area contributed by atoms with Gasteiger partial charge < -0.3 is 15.2 Å². The molecule has 1 heterocycles. The van der Waals surface area contributed by atoms with Gasteiger partial charge in [0, 0.05) is 12.6 Å². The van der Waals surface area contributed by atoms with E-state index >= 15 is 0 Å². The molecule has 1 fully saturated rings. The average Bonchev–Trinajstić information content (AvgIpc) is 2.65. The van der Waals surface area contributed by atoms with Gasteiger partial charge in [0.15, 0.2) is 0 Å². The predicted molar refractivity (Wildman–Crippen MR) is 62.0 cm³/mol. The Kier molecular flexibility index (Phi) is 4.74. The van der Waals surface area contributed by atoms with Crippen molar-refractivity contribution in [2.75, 3.05) is 13.2 Å². The van der Waals surface area contributed by atoms with Crippen LogP contribution in [-0.4, -0.2) is 31.3 Å². The van der Waals surface area contributed by atoms with Crippen molar-refractivity contribution in [2.45, 2.75) is 52.2 Å². The van der Waals surface area contributed by atoms with Gasteiger partial charge in [0.25, 0.3) is 0 Å². The van der Waals surface area contributed by atoms with Crippen molar-refractivity contribution in [2.24, 2.45) is 11.1 Å². The van der Waals surface area contributed by atoms with E-state index < -0.39 is 0 Å². The van der Waals surface area contributed by atoms with Crippen molar-refractivity contribution in [1.29, 1.82) is 0 Å². The largest absolute Gasteiger partial charge is 0.463 e. The highest BCUT2D eigenvalue weighted by molar-refractivity contribution is 5.70.